The third kappa shape index (κ3) is 5.13. The molecule has 0 spiro atoms. The first kappa shape index (κ1) is 19.9. The van der Waals surface area contributed by atoms with E-state index in [0.717, 1.165) is 11.1 Å². The van der Waals surface area contributed by atoms with Gasteiger partial charge in [0.2, 0.25) is 6.79 Å². The van der Waals surface area contributed by atoms with E-state index < -0.39 is 24.5 Å². The predicted molar refractivity (Wildman–Crippen MR) is 104 cm³/mol. The molecule has 0 unspecified atom stereocenters. The first-order chi connectivity index (χ1) is 14.0. The quantitative estimate of drug-likeness (QED) is 0.591. The molecule has 29 heavy (non-hydrogen) atoms. The van der Waals surface area contributed by atoms with Crippen molar-refractivity contribution in [2.45, 2.75) is 6.92 Å². The molecule has 0 aromatic heterocycles. The van der Waals surface area contributed by atoms with Crippen LogP contribution in [0.4, 0.5) is 5.69 Å². The van der Waals surface area contributed by atoms with Gasteiger partial charge in [-0.2, -0.15) is 0 Å². The Bertz CT molecular complexity index is 981. The van der Waals surface area contributed by atoms with Crippen LogP contribution in [0.2, 0.25) is 0 Å². The topological polar surface area (TPSA) is 100 Å². The Hall–Kier alpha value is -3.81. The molecular formula is C21H19NO7. The number of carbonyl (C=O) groups is 3. The molecule has 8 nitrogen and oxygen atoms in total. The monoisotopic (exact) mass is 397 g/mol. The summed E-state index contributed by atoms with van der Waals surface area (Å²) in [5.41, 5.74) is 2.22. The zero-order valence-corrected chi connectivity index (χ0v) is 15.9. The Morgan fingerprint density at radius 2 is 1.90 bits per heavy atom. The first-order valence-electron chi connectivity index (χ1n) is 8.69. The summed E-state index contributed by atoms with van der Waals surface area (Å²) in [5, 5.41) is 2.61. The van der Waals surface area contributed by atoms with E-state index in [4.69, 9.17) is 14.2 Å². The number of fused-ring (bicyclic) bond motifs is 1. The molecule has 1 aliphatic heterocycles. The molecule has 0 radical (unpaired) electrons. The Morgan fingerprint density at radius 3 is 2.69 bits per heavy atom. The predicted octanol–water partition coefficient (Wildman–Crippen LogP) is 2.71. The van der Waals surface area contributed by atoms with Crippen molar-refractivity contribution in [1.29, 1.82) is 0 Å². The van der Waals surface area contributed by atoms with Crippen molar-refractivity contribution in [2.75, 3.05) is 25.8 Å². The molecular weight excluding hydrogens is 378 g/mol. The third-order valence-corrected chi connectivity index (χ3v) is 4.09. The van der Waals surface area contributed by atoms with Crippen molar-refractivity contribution < 1.29 is 33.3 Å². The Morgan fingerprint density at radius 1 is 1.10 bits per heavy atom. The van der Waals surface area contributed by atoms with E-state index in [-0.39, 0.29) is 6.79 Å². The summed E-state index contributed by atoms with van der Waals surface area (Å²) in [5.74, 6) is -0.462. The minimum Gasteiger partial charge on any atom is -0.465 e. The van der Waals surface area contributed by atoms with Crippen LogP contribution in [-0.2, 0) is 19.1 Å². The van der Waals surface area contributed by atoms with Crippen LogP contribution < -0.4 is 14.8 Å². The summed E-state index contributed by atoms with van der Waals surface area (Å²) in [6.45, 7) is 1.48. The van der Waals surface area contributed by atoms with Crippen LogP contribution in [0, 0.1) is 6.92 Å². The number of aryl methyl sites for hydroxylation is 1. The number of rotatable bonds is 6. The highest BCUT2D eigenvalue weighted by Gasteiger charge is 2.13. The fourth-order valence-corrected chi connectivity index (χ4v) is 2.55. The molecule has 1 amide bonds. The van der Waals surface area contributed by atoms with Crippen molar-refractivity contribution >= 4 is 29.6 Å². The smallest absolute Gasteiger partial charge is 0.337 e. The van der Waals surface area contributed by atoms with E-state index >= 15 is 0 Å². The normalized spacial score (nSPS) is 11.9. The van der Waals surface area contributed by atoms with Crippen molar-refractivity contribution in [1.82, 2.24) is 0 Å². The molecule has 8 heteroatoms. The molecule has 1 aliphatic rings. The highest BCUT2D eigenvalue weighted by atomic mass is 16.7. The molecule has 2 aromatic carbocycles. The zero-order valence-electron chi connectivity index (χ0n) is 15.9. The Labute approximate surface area is 167 Å². The van der Waals surface area contributed by atoms with Gasteiger partial charge < -0.3 is 24.3 Å². The van der Waals surface area contributed by atoms with Crippen LogP contribution in [0.15, 0.2) is 42.5 Å². The molecule has 0 saturated heterocycles. The molecule has 0 saturated carbocycles. The lowest BCUT2D eigenvalue weighted by Crippen LogP contribution is -2.21. The number of anilines is 1. The van der Waals surface area contributed by atoms with Crippen LogP contribution in [-0.4, -0.2) is 38.4 Å². The first-order valence-corrected chi connectivity index (χ1v) is 8.69. The molecule has 1 N–H and O–H groups in total. The number of esters is 2. The molecule has 3 rings (SSSR count). The number of nitrogens with one attached hydrogen (secondary N) is 1. The van der Waals surface area contributed by atoms with Gasteiger partial charge in [-0.3, -0.25) is 4.79 Å². The standard InChI is InChI=1S/C21H19NO7/c1-13-3-6-15(21(25)26-2)10-16(13)22-19(23)11-27-20(24)8-5-14-4-7-17-18(9-14)29-12-28-17/h3-10H,11-12H2,1-2H3,(H,22,23)/b8-5+. The molecule has 0 atom stereocenters. The number of ether oxygens (including phenoxy) is 4. The zero-order chi connectivity index (χ0) is 20.8. The Kier molecular flexibility index (Phi) is 6.13. The van der Waals surface area contributed by atoms with Crippen molar-refractivity contribution in [2.24, 2.45) is 0 Å². The number of benzene rings is 2. The lowest BCUT2D eigenvalue weighted by Gasteiger charge is -2.10. The molecule has 0 aliphatic carbocycles. The minimum absolute atomic E-state index is 0.168. The van der Waals surface area contributed by atoms with Gasteiger partial charge >= 0.3 is 11.9 Å². The summed E-state index contributed by atoms with van der Waals surface area (Å²) in [4.78, 5) is 35.5. The van der Waals surface area contributed by atoms with E-state index in [1.165, 1.54) is 19.3 Å². The van der Waals surface area contributed by atoms with Crippen molar-refractivity contribution in [3.8, 4) is 11.5 Å². The van der Waals surface area contributed by atoms with Gasteiger partial charge in [0.05, 0.1) is 12.7 Å². The highest BCUT2D eigenvalue weighted by molar-refractivity contribution is 5.97. The highest BCUT2D eigenvalue weighted by Crippen LogP contribution is 2.32. The molecule has 0 fully saturated rings. The lowest BCUT2D eigenvalue weighted by atomic mass is 10.1. The maximum atomic E-state index is 12.1. The molecule has 2 aromatic rings. The van der Waals surface area contributed by atoms with Crippen LogP contribution in [0.5, 0.6) is 11.5 Å². The number of carbonyl (C=O) groups excluding carboxylic acids is 3. The molecule has 0 bridgehead atoms. The van der Waals surface area contributed by atoms with Crippen molar-refractivity contribution in [3.05, 3.63) is 59.2 Å². The maximum absolute atomic E-state index is 12.1. The second-order valence-corrected chi connectivity index (χ2v) is 6.12. The van der Waals surface area contributed by atoms with Gasteiger partial charge in [-0.25, -0.2) is 9.59 Å². The SMILES string of the molecule is COC(=O)c1ccc(C)c(NC(=O)COC(=O)/C=C/c2ccc3c(c2)OCO3)c1. The minimum atomic E-state index is -0.669. The fraction of sp³-hybridized carbons (Fsp3) is 0.190. The maximum Gasteiger partial charge on any atom is 0.337 e. The third-order valence-electron chi connectivity index (χ3n) is 4.09. The summed E-state index contributed by atoms with van der Waals surface area (Å²) in [6.07, 6.45) is 2.76. The van der Waals surface area contributed by atoms with Crippen LogP contribution >= 0.6 is 0 Å². The number of hydrogen-bond donors (Lipinski definition) is 1. The van der Waals surface area contributed by atoms with E-state index in [9.17, 15) is 14.4 Å². The number of methoxy groups -OCH3 is 1. The van der Waals surface area contributed by atoms with Gasteiger partial charge in [-0.1, -0.05) is 12.1 Å². The number of amides is 1. The fourth-order valence-electron chi connectivity index (χ4n) is 2.55. The van der Waals surface area contributed by atoms with E-state index in [1.54, 1.807) is 43.3 Å². The summed E-state index contributed by atoms with van der Waals surface area (Å²) >= 11 is 0. The van der Waals surface area contributed by atoms with Gasteiger partial charge in [0.25, 0.3) is 5.91 Å². The largest absolute Gasteiger partial charge is 0.465 e. The average molecular weight is 397 g/mol. The van der Waals surface area contributed by atoms with Crippen molar-refractivity contribution in [3.63, 3.8) is 0 Å². The van der Waals surface area contributed by atoms with E-state index in [1.807, 2.05) is 0 Å². The average Bonchev–Trinajstić information content (AvgIpc) is 3.19. The lowest BCUT2D eigenvalue weighted by molar-refractivity contribution is -0.142. The number of hydrogen-bond acceptors (Lipinski definition) is 7. The van der Waals surface area contributed by atoms with Crippen LogP contribution in [0.25, 0.3) is 6.08 Å². The Balaban J connectivity index is 1.52. The molecule has 150 valence electrons. The molecule has 1 heterocycles. The summed E-state index contributed by atoms with van der Waals surface area (Å²) in [6, 6.07) is 10.0. The van der Waals surface area contributed by atoms with Gasteiger partial charge in [0.15, 0.2) is 18.1 Å². The van der Waals surface area contributed by atoms with Gasteiger partial charge in [-0.15, -0.1) is 0 Å². The van der Waals surface area contributed by atoms with Gasteiger partial charge in [0, 0.05) is 11.8 Å². The van der Waals surface area contributed by atoms with Gasteiger partial charge in [-0.05, 0) is 48.4 Å². The van der Waals surface area contributed by atoms with Crippen LogP contribution in [0.3, 0.4) is 0 Å². The second kappa shape index (κ2) is 8.92. The summed E-state index contributed by atoms with van der Waals surface area (Å²) in [7, 11) is 1.27. The van der Waals surface area contributed by atoms with E-state index in [2.05, 4.69) is 10.1 Å². The van der Waals surface area contributed by atoms with E-state index in [0.29, 0.717) is 22.7 Å². The summed E-state index contributed by atoms with van der Waals surface area (Å²) < 4.78 is 20.1. The van der Waals surface area contributed by atoms with Crippen LogP contribution in [0.1, 0.15) is 21.5 Å². The second-order valence-electron chi connectivity index (χ2n) is 6.12. The van der Waals surface area contributed by atoms with Gasteiger partial charge in [0.1, 0.15) is 0 Å².